The number of nitrogens with zero attached hydrogens (tertiary/aromatic N) is 3. The summed E-state index contributed by atoms with van der Waals surface area (Å²) < 4.78 is 13.3. The Labute approximate surface area is 183 Å². The first-order valence-electron chi connectivity index (χ1n) is 8.46. The molecule has 0 bridgehead atoms. The zero-order valence-corrected chi connectivity index (χ0v) is 19.5. The highest BCUT2D eigenvalue weighted by Gasteiger charge is 2.13. The monoisotopic (exact) mass is 506 g/mol. The molecule has 1 aromatic carbocycles. The van der Waals surface area contributed by atoms with Gasteiger partial charge in [-0.3, -0.25) is 4.99 Å². The van der Waals surface area contributed by atoms with Crippen molar-refractivity contribution in [2.75, 3.05) is 27.7 Å². The summed E-state index contributed by atoms with van der Waals surface area (Å²) >= 11 is 6.06. The van der Waals surface area contributed by atoms with Crippen molar-refractivity contribution < 1.29 is 9.47 Å². The Kier molecular flexibility index (Phi) is 9.79. The highest BCUT2D eigenvalue weighted by Crippen LogP contribution is 2.26. The van der Waals surface area contributed by atoms with Crippen LogP contribution in [0, 0.1) is 0 Å². The molecule has 1 aromatic heterocycles. The summed E-state index contributed by atoms with van der Waals surface area (Å²) in [6.07, 6.45) is 1.84. The van der Waals surface area contributed by atoms with Crippen LogP contribution in [0.15, 0.2) is 41.5 Å². The third-order valence-electron chi connectivity index (χ3n) is 3.99. The number of para-hydroxylation sites is 2. The standard InChI is InChI=1S/C19H27ClN4O2.HI/c1-14(26-18-9-7-6-8-17(18)25-5)11-22-19(21-2)24(4)13-16-10-15(20)12-23(16)3;/h6-10,12,14H,11,13H2,1-5H3,(H,21,22);1H. The van der Waals surface area contributed by atoms with Gasteiger partial charge in [0.2, 0.25) is 0 Å². The van der Waals surface area contributed by atoms with Crippen LogP contribution in [0.2, 0.25) is 5.02 Å². The van der Waals surface area contributed by atoms with E-state index >= 15 is 0 Å². The highest BCUT2D eigenvalue weighted by molar-refractivity contribution is 14.0. The quantitative estimate of drug-likeness (QED) is 0.353. The summed E-state index contributed by atoms with van der Waals surface area (Å²) in [5.41, 5.74) is 1.11. The molecule has 0 aliphatic rings. The first-order valence-corrected chi connectivity index (χ1v) is 8.84. The molecule has 0 aliphatic heterocycles. The second kappa shape index (κ2) is 11.3. The fourth-order valence-corrected chi connectivity index (χ4v) is 2.91. The fourth-order valence-electron chi connectivity index (χ4n) is 2.64. The van der Waals surface area contributed by atoms with Crippen LogP contribution in [0.5, 0.6) is 11.5 Å². The Morgan fingerprint density at radius 2 is 2.00 bits per heavy atom. The minimum Gasteiger partial charge on any atom is -0.493 e. The third-order valence-corrected chi connectivity index (χ3v) is 4.20. The van der Waals surface area contributed by atoms with Gasteiger partial charge in [0.05, 0.1) is 25.2 Å². The minimum absolute atomic E-state index is 0. The molecule has 6 nitrogen and oxygen atoms in total. The predicted octanol–water partition coefficient (Wildman–Crippen LogP) is 3.78. The van der Waals surface area contributed by atoms with E-state index in [9.17, 15) is 0 Å². The van der Waals surface area contributed by atoms with E-state index in [4.69, 9.17) is 21.1 Å². The lowest BCUT2D eigenvalue weighted by molar-refractivity contribution is 0.212. The van der Waals surface area contributed by atoms with Gasteiger partial charge < -0.3 is 24.3 Å². The van der Waals surface area contributed by atoms with Crippen molar-refractivity contribution in [3.05, 3.63) is 47.2 Å². The van der Waals surface area contributed by atoms with Crippen molar-refractivity contribution in [1.82, 2.24) is 14.8 Å². The second-order valence-corrected chi connectivity index (χ2v) is 6.56. The topological polar surface area (TPSA) is 51.0 Å². The number of guanidine groups is 1. The van der Waals surface area contributed by atoms with Crippen molar-refractivity contribution in [3.8, 4) is 11.5 Å². The normalized spacial score (nSPS) is 12.1. The maximum atomic E-state index is 6.06. The van der Waals surface area contributed by atoms with E-state index < -0.39 is 0 Å². The lowest BCUT2D eigenvalue weighted by Gasteiger charge is -2.24. The molecule has 2 rings (SSSR count). The Morgan fingerprint density at radius 1 is 1.33 bits per heavy atom. The SMILES string of the molecule is CN=C(NCC(C)Oc1ccccc1OC)N(C)Cc1cc(Cl)cn1C.I. The van der Waals surface area contributed by atoms with Crippen molar-refractivity contribution >= 4 is 41.5 Å². The molecule has 0 radical (unpaired) electrons. The summed E-state index contributed by atoms with van der Waals surface area (Å²) in [5, 5.41) is 4.08. The molecule has 1 unspecified atom stereocenters. The predicted molar refractivity (Wildman–Crippen MR) is 122 cm³/mol. The molecule has 2 aromatic rings. The summed E-state index contributed by atoms with van der Waals surface area (Å²) in [4.78, 5) is 6.39. The van der Waals surface area contributed by atoms with Crippen LogP contribution in [0.3, 0.4) is 0 Å². The van der Waals surface area contributed by atoms with Crippen molar-refractivity contribution in [1.29, 1.82) is 0 Å². The Hall–Kier alpha value is -1.61. The zero-order valence-electron chi connectivity index (χ0n) is 16.4. The van der Waals surface area contributed by atoms with Gasteiger partial charge in [0.1, 0.15) is 6.10 Å². The molecule has 0 amide bonds. The van der Waals surface area contributed by atoms with Crippen LogP contribution in [0.25, 0.3) is 0 Å². The molecule has 1 N–H and O–H groups in total. The second-order valence-electron chi connectivity index (χ2n) is 6.12. The Morgan fingerprint density at radius 3 is 2.56 bits per heavy atom. The first kappa shape index (κ1) is 23.4. The first-order chi connectivity index (χ1) is 12.4. The van der Waals surface area contributed by atoms with Gasteiger partial charge in [0.25, 0.3) is 0 Å². The molecule has 0 saturated carbocycles. The van der Waals surface area contributed by atoms with Crippen LogP contribution in [0.4, 0.5) is 0 Å². The molecule has 1 heterocycles. The van der Waals surface area contributed by atoms with Crippen LogP contribution >= 0.6 is 35.6 Å². The lowest BCUT2D eigenvalue weighted by atomic mass is 10.3. The molecular formula is C19H28ClIN4O2. The maximum absolute atomic E-state index is 6.06. The number of nitrogens with one attached hydrogen (secondary N) is 1. The number of rotatable bonds is 7. The third kappa shape index (κ3) is 6.80. The lowest BCUT2D eigenvalue weighted by Crippen LogP contribution is -2.42. The van der Waals surface area contributed by atoms with E-state index in [0.717, 1.165) is 28.2 Å². The fraction of sp³-hybridized carbons (Fsp3) is 0.421. The van der Waals surface area contributed by atoms with Gasteiger partial charge in [-0.1, -0.05) is 23.7 Å². The Bertz CT molecular complexity index is 751. The number of aryl methyl sites for hydroxylation is 1. The number of halogens is 2. The average molecular weight is 507 g/mol. The van der Waals surface area contributed by atoms with Crippen LogP contribution in [-0.2, 0) is 13.6 Å². The van der Waals surface area contributed by atoms with Gasteiger partial charge in [0.15, 0.2) is 17.5 Å². The molecular weight excluding hydrogens is 479 g/mol. The summed E-state index contributed by atoms with van der Waals surface area (Å²) in [5.74, 6) is 2.24. The number of aliphatic imine (C=N–C) groups is 1. The minimum atomic E-state index is -0.0547. The van der Waals surface area contributed by atoms with E-state index in [-0.39, 0.29) is 30.1 Å². The summed E-state index contributed by atoms with van der Waals surface area (Å²) in [6, 6.07) is 9.58. The van der Waals surface area contributed by atoms with E-state index in [0.29, 0.717) is 13.1 Å². The van der Waals surface area contributed by atoms with Gasteiger partial charge in [-0.15, -0.1) is 24.0 Å². The Balaban J connectivity index is 0.00000364. The van der Waals surface area contributed by atoms with Gasteiger partial charge in [-0.2, -0.15) is 0 Å². The number of hydrogen-bond donors (Lipinski definition) is 1. The smallest absolute Gasteiger partial charge is 0.193 e. The molecule has 0 aliphatic carbocycles. The van der Waals surface area contributed by atoms with E-state index in [2.05, 4.69) is 10.3 Å². The molecule has 1 atom stereocenters. The van der Waals surface area contributed by atoms with Crippen molar-refractivity contribution in [2.24, 2.45) is 12.0 Å². The van der Waals surface area contributed by atoms with Gasteiger partial charge in [-0.25, -0.2) is 0 Å². The molecule has 0 fully saturated rings. The summed E-state index contributed by atoms with van der Waals surface area (Å²) in [7, 11) is 7.37. The molecule has 8 heteroatoms. The van der Waals surface area contributed by atoms with E-state index in [1.165, 1.54) is 0 Å². The molecule has 0 spiro atoms. The van der Waals surface area contributed by atoms with Gasteiger partial charge in [0, 0.05) is 33.0 Å². The number of methoxy groups -OCH3 is 1. The molecule has 150 valence electrons. The largest absolute Gasteiger partial charge is 0.493 e. The highest BCUT2D eigenvalue weighted by atomic mass is 127. The number of hydrogen-bond acceptors (Lipinski definition) is 3. The van der Waals surface area contributed by atoms with Crippen LogP contribution < -0.4 is 14.8 Å². The number of benzene rings is 1. The number of aromatic nitrogens is 1. The molecule has 27 heavy (non-hydrogen) atoms. The van der Waals surface area contributed by atoms with Crippen LogP contribution in [0.1, 0.15) is 12.6 Å². The number of ether oxygens (including phenoxy) is 2. The maximum Gasteiger partial charge on any atom is 0.193 e. The average Bonchev–Trinajstić information content (AvgIpc) is 2.93. The zero-order chi connectivity index (χ0) is 19.1. The van der Waals surface area contributed by atoms with Crippen LogP contribution in [-0.4, -0.2) is 49.3 Å². The van der Waals surface area contributed by atoms with E-state index in [1.54, 1.807) is 14.2 Å². The van der Waals surface area contributed by atoms with Crippen molar-refractivity contribution in [3.63, 3.8) is 0 Å². The van der Waals surface area contributed by atoms with Gasteiger partial charge in [-0.05, 0) is 25.1 Å². The van der Waals surface area contributed by atoms with E-state index in [1.807, 2.05) is 67.0 Å². The van der Waals surface area contributed by atoms with Crippen molar-refractivity contribution in [2.45, 2.75) is 19.6 Å². The van der Waals surface area contributed by atoms with Gasteiger partial charge >= 0.3 is 0 Å². The molecule has 0 saturated heterocycles. The summed E-state index contributed by atoms with van der Waals surface area (Å²) in [6.45, 7) is 3.32.